The van der Waals surface area contributed by atoms with Gasteiger partial charge in [-0.05, 0) is 35.9 Å². The van der Waals surface area contributed by atoms with Crippen LogP contribution in [-0.4, -0.2) is 45.2 Å². The molecule has 38 heavy (non-hydrogen) atoms. The van der Waals surface area contributed by atoms with Crippen LogP contribution in [0.5, 0.6) is 0 Å². The Morgan fingerprint density at radius 1 is 1.03 bits per heavy atom. The molecule has 0 aliphatic rings. The Hall–Kier alpha value is -4.36. The molecule has 0 saturated heterocycles. The summed E-state index contributed by atoms with van der Waals surface area (Å²) in [5.74, 6) is -4.15. The van der Waals surface area contributed by atoms with Crippen LogP contribution < -0.4 is 16.0 Å². The number of hydrogen-bond acceptors (Lipinski definition) is 5. The summed E-state index contributed by atoms with van der Waals surface area (Å²) in [5, 5.41) is 21.8. The molecule has 0 aliphatic heterocycles. The van der Waals surface area contributed by atoms with Crippen molar-refractivity contribution in [2.45, 2.75) is 12.7 Å². The first kappa shape index (κ1) is 29.9. The average molecular weight is 572 g/mol. The standard InChI is InChI=1S/C21H17Cl2N5O3.C2HF3O2/c1-2-17(29)26-13-6-3-5-12(9-13)10-24-21(31)19-16(11-25-28-19)27-20(30)18-14(22)7-4-8-15(18)23;3-2(4,5)1(6)7/h2-9,11H,1,10H2,(H,24,31)(H,25,28)(H,26,29)(H,27,30);(H,6,7). The molecule has 15 heteroatoms. The minimum absolute atomic E-state index is 0.0626. The number of carboxylic acid groups (broad SMARTS) is 1. The van der Waals surface area contributed by atoms with E-state index in [1.807, 2.05) is 0 Å². The number of aliphatic carboxylic acids is 1. The largest absolute Gasteiger partial charge is 0.490 e. The third kappa shape index (κ3) is 8.64. The maximum atomic E-state index is 12.6. The van der Waals surface area contributed by atoms with Crippen molar-refractivity contribution in [3.63, 3.8) is 0 Å². The monoisotopic (exact) mass is 571 g/mol. The molecule has 2 aromatic carbocycles. The number of benzene rings is 2. The van der Waals surface area contributed by atoms with Crippen LogP contribution >= 0.6 is 23.2 Å². The number of rotatable bonds is 7. The molecule has 0 unspecified atom stereocenters. The van der Waals surface area contributed by atoms with Gasteiger partial charge >= 0.3 is 12.1 Å². The van der Waals surface area contributed by atoms with E-state index < -0.39 is 24.0 Å². The highest BCUT2D eigenvalue weighted by Gasteiger charge is 2.38. The van der Waals surface area contributed by atoms with Gasteiger partial charge in [-0.2, -0.15) is 18.3 Å². The van der Waals surface area contributed by atoms with Gasteiger partial charge in [-0.15, -0.1) is 0 Å². The second kappa shape index (κ2) is 13.3. The van der Waals surface area contributed by atoms with Gasteiger partial charge in [0.05, 0.1) is 27.5 Å². The van der Waals surface area contributed by atoms with E-state index in [1.54, 1.807) is 30.3 Å². The Bertz CT molecular complexity index is 1340. The molecule has 5 N–H and O–H groups in total. The summed E-state index contributed by atoms with van der Waals surface area (Å²) < 4.78 is 31.7. The molecule has 0 saturated carbocycles. The smallest absolute Gasteiger partial charge is 0.475 e. The van der Waals surface area contributed by atoms with Gasteiger partial charge in [0, 0.05) is 12.2 Å². The SMILES string of the molecule is C=CC(=O)Nc1cccc(CNC(=O)c2[nH]ncc2NC(=O)c2c(Cl)cccc2Cl)c1.O=C(O)C(F)(F)F. The van der Waals surface area contributed by atoms with Crippen LogP contribution in [0.1, 0.15) is 26.4 Å². The van der Waals surface area contributed by atoms with Gasteiger partial charge in [0.25, 0.3) is 11.8 Å². The van der Waals surface area contributed by atoms with Gasteiger partial charge in [0.1, 0.15) is 5.69 Å². The fraction of sp³-hybridized carbons (Fsp3) is 0.0870. The number of amides is 3. The van der Waals surface area contributed by atoms with Crippen molar-refractivity contribution in [1.29, 1.82) is 0 Å². The van der Waals surface area contributed by atoms with E-state index in [0.29, 0.717) is 5.69 Å². The zero-order valence-corrected chi connectivity index (χ0v) is 20.5. The Labute approximate surface area is 222 Å². The van der Waals surface area contributed by atoms with Crippen LogP contribution in [-0.2, 0) is 16.1 Å². The Morgan fingerprint density at radius 2 is 1.63 bits per heavy atom. The number of aromatic amines is 1. The first-order valence-electron chi connectivity index (χ1n) is 10.2. The van der Waals surface area contributed by atoms with Crippen molar-refractivity contribution in [1.82, 2.24) is 15.5 Å². The van der Waals surface area contributed by atoms with Gasteiger partial charge in [0.2, 0.25) is 5.91 Å². The van der Waals surface area contributed by atoms with E-state index in [1.165, 1.54) is 18.3 Å². The molecule has 3 amide bonds. The van der Waals surface area contributed by atoms with Gasteiger partial charge in [-0.1, -0.05) is 48.0 Å². The van der Waals surface area contributed by atoms with E-state index in [2.05, 4.69) is 32.7 Å². The summed E-state index contributed by atoms with van der Waals surface area (Å²) in [7, 11) is 0. The van der Waals surface area contributed by atoms with Crippen LogP contribution in [0.2, 0.25) is 10.0 Å². The average Bonchev–Trinajstić information content (AvgIpc) is 3.30. The van der Waals surface area contributed by atoms with E-state index in [0.717, 1.165) is 11.6 Å². The highest BCUT2D eigenvalue weighted by Crippen LogP contribution is 2.25. The van der Waals surface area contributed by atoms with E-state index in [9.17, 15) is 27.6 Å². The lowest BCUT2D eigenvalue weighted by atomic mass is 10.2. The number of carbonyl (C=O) groups is 4. The number of nitrogens with one attached hydrogen (secondary N) is 4. The third-order valence-electron chi connectivity index (χ3n) is 4.38. The van der Waals surface area contributed by atoms with Crippen LogP contribution in [0.25, 0.3) is 0 Å². The number of carbonyl (C=O) groups excluding carboxylic acids is 3. The molecule has 1 heterocycles. The number of aromatic nitrogens is 2. The predicted octanol–water partition coefficient (Wildman–Crippen LogP) is 4.66. The molecular weight excluding hydrogens is 554 g/mol. The second-order valence-electron chi connectivity index (χ2n) is 7.09. The Kier molecular flexibility index (Phi) is 10.4. The van der Waals surface area contributed by atoms with Crippen molar-refractivity contribution >= 4 is 58.3 Å². The van der Waals surface area contributed by atoms with Gasteiger partial charge in [-0.25, -0.2) is 4.79 Å². The molecule has 0 atom stereocenters. The molecule has 3 rings (SSSR count). The predicted molar refractivity (Wildman–Crippen MR) is 133 cm³/mol. The van der Waals surface area contributed by atoms with Crippen molar-refractivity contribution < 1.29 is 37.5 Å². The van der Waals surface area contributed by atoms with Crippen LogP contribution in [0.3, 0.4) is 0 Å². The molecule has 200 valence electrons. The summed E-state index contributed by atoms with van der Waals surface area (Å²) in [6.07, 6.45) is -2.61. The molecule has 1 aromatic heterocycles. The second-order valence-corrected chi connectivity index (χ2v) is 7.90. The van der Waals surface area contributed by atoms with Gasteiger partial charge in [0.15, 0.2) is 0 Å². The topological polar surface area (TPSA) is 153 Å². The Morgan fingerprint density at radius 3 is 2.21 bits per heavy atom. The third-order valence-corrected chi connectivity index (χ3v) is 5.01. The normalized spacial score (nSPS) is 10.4. The quantitative estimate of drug-likeness (QED) is 0.260. The van der Waals surface area contributed by atoms with Crippen LogP contribution in [0, 0.1) is 0 Å². The minimum Gasteiger partial charge on any atom is -0.475 e. The first-order chi connectivity index (χ1) is 17.8. The molecule has 0 fully saturated rings. The number of anilines is 2. The van der Waals surface area contributed by atoms with E-state index in [4.69, 9.17) is 33.1 Å². The fourth-order valence-electron chi connectivity index (χ4n) is 2.68. The van der Waals surface area contributed by atoms with Crippen molar-refractivity contribution in [3.8, 4) is 0 Å². The molecule has 3 aromatic rings. The summed E-state index contributed by atoms with van der Waals surface area (Å²) in [6.45, 7) is 3.58. The maximum absolute atomic E-state index is 12.6. The highest BCUT2D eigenvalue weighted by atomic mass is 35.5. The molecular formula is C23H18Cl2F3N5O5. The Balaban J connectivity index is 0.000000638. The zero-order valence-electron chi connectivity index (χ0n) is 19.0. The summed E-state index contributed by atoms with van der Waals surface area (Å²) in [4.78, 5) is 45.5. The van der Waals surface area contributed by atoms with Crippen LogP contribution in [0.4, 0.5) is 24.5 Å². The van der Waals surface area contributed by atoms with Crippen molar-refractivity contribution in [2.75, 3.05) is 10.6 Å². The number of halogens is 5. The zero-order chi connectivity index (χ0) is 28.5. The summed E-state index contributed by atoms with van der Waals surface area (Å²) in [5.41, 5.74) is 1.65. The van der Waals surface area contributed by atoms with Crippen molar-refractivity contribution in [2.24, 2.45) is 0 Å². The number of alkyl halides is 3. The molecule has 0 bridgehead atoms. The number of H-pyrrole nitrogens is 1. The summed E-state index contributed by atoms with van der Waals surface area (Å²) >= 11 is 12.1. The van der Waals surface area contributed by atoms with Crippen LogP contribution in [0.15, 0.2) is 61.3 Å². The number of hydrogen-bond donors (Lipinski definition) is 5. The van der Waals surface area contributed by atoms with Gasteiger partial charge in [-0.3, -0.25) is 19.5 Å². The van der Waals surface area contributed by atoms with Gasteiger partial charge < -0.3 is 21.1 Å². The highest BCUT2D eigenvalue weighted by molar-refractivity contribution is 6.40. The molecule has 0 aliphatic carbocycles. The molecule has 10 nitrogen and oxygen atoms in total. The lowest BCUT2D eigenvalue weighted by Gasteiger charge is -2.10. The number of carboxylic acids is 1. The minimum atomic E-state index is -5.08. The first-order valence-corrected chi connectivity index (χ1v) is 11.0. The molecule has 0 spiro atoms. The van der Waals surface area contributed by atoms with E-state index in [-0.39, 0.29) is 39.4 Å². The maximum Gasteiger partial charge on any atom is 0.490 e. The van der Waals surface area contributed by atoms with Crippen molar-refractivity contribution in [3.05, 3.63) is 88.2 Å². The lowest BCUT2D eigenvalue weighted by Crippen LogP contribution is -2.25. The van der Waals surface area contributed by atoms with E-state index >= 15 is 0 Å². The molecule has 0 radical (unpaired) electrons. The fourth-order valence-corrected chi connectivity index (χ4v) is 3.25. The summed E-state index contributed by atoms with van der Waals surface area (Å²) in [6, 6.07) is 11.7. The number of nitrogens with zero attached hydrogens (tertiary/aromatic N) is 1. The lowest BCUT2D eigenvalue weighted by molar-refractivity contribution is -0.192.